The van der Waals surface area contributed by atoms with Crippen molar-refractivity contribution in [2.75, 3.05) is 27.3 Å². The number of likely N-dealkylation sites (N-methyl/N-ethyl adjacent to an activating group) is 1. The third kappa shape index (κ3) is 4.50. The molecule has 1 amide bonds. The van der Waals surface area contributed by atoms with Crippen molar-refractivity contribution in [2.24, 2.45) is 0 Å². The van der Waals surface area contributed by atoms with Crippen molar-refractivity contribution >= 4 is 23.6 Å². The lowest BCUT2D eigenvalue weighted by Gasteiger charge is -2.12. The smallest absolute Gasteiger partial charge is 0.374 e. The Morgan fingerprint density at radius 2 is 1.81 bits per heavy atom. The number of hydrogen-bond donors (Lipinski definition) is 0. The van der Waals surface area contributed by atoms with Gasteiger partial charge in [0.15, 0.2) is 11.5 Å². The van der Waals surface area contributed by atoms with Gasteiger partial charge in [0.05, 0.1) is 19.6 Å². The number of carbonyl (C=O) groups is 4. The predicted octanol–water partition coefficient (Wildman–Crippen LogP) is 1.85. The largest absolute Gasteiger partial charge is 0.461 e. The average Bonchev–Trinajstić information content (AvgIpc) is 3.30. The molecule has 1 aliphatic rings. The Morgan fingerprint density at radius 3 is 2.45 bits per heavy atom. The van der Waals surface area contributed by atoms with E-state index in [-0.39, 0.29) is 42.8 Å². The first-order chi connectivity index (χ1) is 14.8. The van der Waals surface area contributed by atoms with Crippen LogP contribution in [0.1, 0.15) is 62.5 Å². The number of esters is 2. The minimum absolute atomic E-state index is 0.0425. The number of carbonyl (C=O) groups excluding carboxylic acids is 4. The minimum Gasteiger partial charge on any atom is -0.461 e. The van der Waals surface area contributed by atoms with Crippen molar-refractivity contribution < 1.29 is 28.7 Å². The van der Waals surface area contributed by atoms with Gasteiger partial charge >= 0.3 is 11.9 Å². The molecule has 3 rings (SSSR count). The molecular weight excluding hydrogens is 402 g/mol. The van der Waals surface area contributed by atoms with Crippen molar-refractivity contribution in [1.29, 1.82) is 0 Å². The molecule has 164 valence electrons. The van der Waals surface area contributed by atoms with Crippen molar-refractivity contribution in [3.8, 4) is 0 Å². The Morgan fingerprint density at radius 1 is 1.13 bits per heavy atom. The van der Waals surface area contributed by atoms with Crippen LogP contribution in [0.3, 0.4) is 0 Å². The second-order valence-corrected chi connectivity index (χ2v) is 7.34. The summed E-state index contributed by atoms with van der Waals surface area (Å²) in [6, 6.07) is 4.54. The van der Waals surface area contributed by atoms with Gasteiger partial charge in [-0.15, -0.1) is 0 Å². The molecule has 1 aliphatic carbocycles. The maximum Gasteiger partial charge on any atom is 0.374 e. The van der Waals surface area contributed by atoms with Gasteiger partial charge in [0.1, 0.15) is 6.04 Å². The van der Waals surface area contributed by atoms with Crippen LogP contribution in [0.4, 0.5) is 0 Å². The van der Waals surface area contributed by atoms with E-state index < -0.39 is 18.0 Å². The Labute approximate surface area is 179 Å². The number of Topliss-reactive ketones (excluding diaryl/α,β-unsaturated/α-hetero) is 1. The second-order valence-electron chi connectivity index (χ2n) is 7.34. The van der Waals surface area contributed by atoms with E-state index in [2.05, 4.69) is 4.98 Å². The van der Waals surface area contributed by atoms with Gasteiger partial charge in [0.2, 0.25) is 11.7 Å². The lowest BCUT2D eigenvalue weighted by Crippen LogP contribution is -2.23. The van der Waals surface area contributed by atoms with Crippen LogP contribution in [0.15, 0.2) is 24.4 Å². The van der Waals surface area contributed by atoms with Crippen LogP contribution in [0.5, 0.6) is 0 Å². The molecule has 9 nitrogen and oxygen atoms in total. The zero-order chi connectivity index (χ0) is 22.7. The number of amides is 1. The normalized spacial score (nSPS) is 14.8. The van der Waals surface area contributed by atoms with Gasteiger partial charge in [-0.1, -0.05) is 18.2 Å². The maximum atomic E-state index is 13.1. The van der Waals surface area contributed by atoms with E-state index in [1.165, 1.54) is 15.7 Å². The van der Waals surface area contributed by atoms with Gasteiger partial charge in [-0.05, 0) is 25.0 Å². The topological polar surface area (TPSA) is 108 Å². The first-order valence-corrected chi connectivity index (χ1v) is 10.1. The van der Waals surface area contributed by atoms with Crippen molar-refractivity contribution in [3.05, 3.63) is 52.6 Å². The fourth-order valence-electron chi connectivity index (χ4n) is 3.49. The van der Waals surface area contributed by atoms with E-state index in [1.54, 1.807) is 40.1 Å². The molecule has 2 aromatic rings. The highest BCUT2D eigenvalue weighted by atomic mass is 16.5. The average molecular weight is 427 g/mol. The second kappa shape index (κ2) is 9.11. The summed E-state index contributed by atoms with van der Waals surface area (Å²) in [6.07, 6.45) is 1.89. The molecule has 0 saturated carbocycles. The third-order valence-corrected chi connectivity index (χ3v) is 5.02. The Kier molecular flexibility index (Phi) is 6.53. The summed E-state index contributed by atoms with van der Waals surface area (Å²) in [6.45, 7) is 3.60. The summed E-state index contributed by atoms with van der Waals surface area (Å²) in [7, 11) is 3.37. The van der Waals surface area contributed by atoms with E-state index in [0.29, 0.717) is 12.0 Å². The summed E-state index contributed by atoms with van der Waals surface area (Å²) in [5.41, 5.74) is 2.03. The van der Waals surface area contributed by atoms with Gasteiger partial charge < -0.3 is 18.9 Å². The van der Waals surface area contributed by atoms with Crippen LogP contribution < -0.4 is 0 Å². The lowest BCUT2D eigenvalue weighted by molar-refractivity contribution is -0.127. The fourth-order valence-corrected chi connectivity index (χ4v) is 3.49. The first-order valence-electron chi connectivity index (χ1n) is 10.1. The Bertz CT molecular complexity index is 1040. The number of hydrogen-bond acceptors (Lipinski definition) is 7. The molecule has 1 unspecified atom stereocenters. The quantitative estimate of drug-likeness (QED) is 0.621. The van der Waals surface area contributed by atoms with Gasteiger partial charge in [-0.3, -0.25) is 9.59 Å². The van der Waals surface area contributed by atoms with Gasteiger partial charge in [-0.25, -0.2) is 14.6 Å². The summed E-state index contributed by atoms with van der Waals surface area (Å²) < 4.78 is 11.4. The van der Waals surface area contributed by atoms with Crippen LogP contribution in [-0.2, 0) is 27.1 Å². The number of benzene rings is 1. The number of fused-ring (bicyclic) bond motifs is 1. The number of imidazole rings is 1. The molecule has 0 fully saturated rings. The summed E-state index contributed by atoms with van der Waals surface area (Å²) >= 11 is 0. The lowest BCUT2D eigenvalue weighted by atomic mass is 10.0. The number of nitrogens with zero attached hydrogens (tertiary/aromatic N) is 3. The highest BCUT2D eigenvalue weighted by molar-refractivity contribution is 6.04. The highest BCUT2D eigenvalue weighted by Crippen LogP contribution is 2.32. The van der Waals surface area contributed by atoms with Crippen molar-refractivity contribution in [1.82, 2.24) is 14.5 Å². The van der Waals surface area contributed by atoms with Crippen LogP contribution in [0.25, 0.3) is 0 Å². The summed E-state index contributed by atoms with van der Waals surface area (Å²) in [5, 5.41) is 0. The van der Waals surface area contributed by atoms with Crippen LogP contribution in [0, 0.1) is 0 Å². The Hall–Kier alpha value is -3.49. The zero-order valence-corrected chi connectivity index (χ0v) is 18.0. The molecule has 0 N–H and O–H groups in total. The molecule has 1 heterocycles. The van der Waals surface area contributed by atoms with Crippen molar-refractivity contribution in [2.45, 2.75) is 32.7 Å². The van der Waals surface area contributed by atoms with Gasteiger partial charge in [0.25, 0.3) is 0 Å². The molecule has 0 bridgehead atoms. The summed E-state index contributed by atoms with van der Waals surface area (Å²) in [5.74, 6) is -1.77. The standard InChI is InChI=1S/C22H25N3O6/c1-5-30-21(28)16-12-25(20(23-16)22(29)31-6-2)17-11-14-9-13(10-18(26)24(3)4)7-8-15(14)19(17)27/h7-9,12,17H,5-6,10-11H2,1-4H3. The van der Waals surface area contributed by atoms with E-state index in [4.69, 9.17) is 9.47 Å². The number of ether oxygens (including phenoxy) is 2. The molecule has 1 aromatic carbocycles. The molecular formula is C22H25N3O6. The highest BCUT2D eigenvalue weighted by Gasteiger charge is 2.36. The molecule has 0 spiro atoms. The number of rotatable bonds is 7. The van der Waals surface area contributed by atoms with E-state index in [0.717, 1.165) is 11.1 Å². The number of aromatic nitrogens is 2. The van der Waals surface area contributed by atoms with E-state index in [9.17, 15) is 19.2 Å². The third-order valence-electron chi connectivity index (χ3n) is 5.02. The fraction of sp³-hybridized carbons (Fsp3) is 0.409. The maximum absolute atomic E-state index is 13.1. The molecule has 1 atom stereocenters. The first kappa shape index (κ1) is 22.2. The monoisotopic (exact) mass is 427 g/mol. The van der Waals surface area contributed by atoms with Gasteiger partial charge in [-0.2, -0.15) is 0 Å². The minimum atomic E-state index is -0.745. The van der Waals surface area contributed by atoms with Crippen LogP contribution in [0.2, 0.25) is 0 Å². The molecule has 0 saturated heterocycles. The van der Waals surface area contributed by atoms with Gasteiger partial charge in [0, 0.05) is 32.3 Å². The van der Waals surface area contributed by atoms with Crippen LogP contribution >= 0.6 is 0 Å². The van der Waals surface area contributed by atoms with E-state index in [1.807, 2.05) is 6.07 Å². The molecule has 31 heavy (non-hydrogen) atoms. The SMILES string of the molecule is CCOC(=O)c1cn(C2Cc3cc(CC(=O)N(C)C)ccc3C2=O)c(C(=O)OCC)n1. The summed E-state index contributed by atoms with van der Waals surface area (Å²) in [4.78, 5) is 55.2. The predicted molar refractivity (Wildman–Crippen MR) is 110 cm³/mol. The molecule has 0 aliphatic heterocycles. The number of ketones is 1. The van der Waals surface area contributed by atoms with Crippen LogP contribution in [-0.4, -0.2) is 65.4 Å². The molecule has 1 aromatic heterocycles. The molecule has 0 radical (unpaired) electrons. The van der Waals surface area contributed by atoms with Crippen molar-refractivity contribution in [3.63, 3.8) is 0 Å². The zero-order valence-electron chi connectivity index (χ0n) is 18.0. The Balaban J connectivity index is 1.94. The molecule has 9 heteroatoms. The van der Waals surface area contributed by atoms with E-state index >= 15 is 0 Å².